The molecule has 0 heterocycles. The van der Waals surface area contributed by atoms with Crippen molar-refractivity contribution in [3.8, 4) is 5.75 Å². The molecule has 1 aromatic rings. The quantitative estimate of drug-likeness (QED) is 0.694. The molecule has 0 aromatic heterocycles. The van der Waals surface area contributed by atoms with Gasteiger partial charge in [0.15, 0.2) is 0 Å². The van der Waals surface area contributed by atoms with Crippen LogP contribution in [0.4, 0.5) is 0 Å². The smallest absolute Gasteiger partial charge is 0.119 e. The van der Waals surface area contributed by atoms with E-state index in [0.717, 1.165) is 11.1 Å². The molecule has 0 aliphatic heterocycles. The fourth-order valence-corrected chi connectivity index (χ4v) is 2.25. The molecule has 89 valence electrons. The monoisotopic (exact) mass is 219 g/mol. The van der Waals surface area contributed by atoms with E-state index in [1.165, 1.54) is 5.56 Å². The van der Waals surface area contributed by atoms with Gasteiger partial charge in [-0.2, -0.15) is 0 Å². The van der Waals surface area contributed by atoms with E-state index in [0.29, 0.717) is 5.75 Å². The lowest BCUT2D eigenvalue weighted by Crippen LogP contribution is -2.23. The Morgan fingerprint density at radius 2 is 1.31 bits per heavy atom. The standard InChI is InChI=1S/C15H23O/c1-10-8-9-11(16)13(15(5,6)7)12(10)14(2,3)4/h8-9,16H,1H2,2-7H3. The van der Waals surface area contributed by atoms with Gasteiger partial charge in [0.25, 0.3) is 0 Å². The van der Waals surface area contributed by atoms with Crippen LogP contribution in [0.5, 0.6) is 5.75 Å². The van der Waals surface area contributed by atoms with Gasteiger partial charge in [0.1, 0.15) is 5.75 Å². The van der Waals surface area contributed by atoms with Crippen molar-refractivity contribution in [2.75, 3.05) is 0 Å². The fourth-order valence-electron chi connectivity index (χ4n) is 2.25. The van der Waals surface area contributed by atoms with Crippen LogP contribution in [-0.2, 0) is 10.8 Å². The Kier molecular flexibility index (Phi) is 3.11. The van der Waals surface area contributed by atoms with Crippen molar-refractivity contribution in [1.29, 1.82) is 0 Å². The number of phenols is 1. The van der Waals surface area contributed by atoms with Crippen molar-refractivity contribution in [3.05, 3.63) is 35.7 Å². The maximum absolute atomic E-state index is 10.1. The summed E-state index contributed by atoms with van der Waals surface area (Å²) in [7, 11) is 0. The van der Waals surface area contributed by atoms with Gasteiger partial charge < -0.3 is 5.11 Å². The Balaban J connectivity index is 3.64. The predicted octanol–water partition coefficient (Wildman–Crippen LogP) is 4.17. The average Bonchev–Trinajstić information content (AvgIpc) is 2.04. The number of hydrogen-bond donors (Lipinski definition) is 1. The molecule has 0 bridgehead atoms. The van der Waals surface area contributed by atoms with E-state index in [9.17, 15) is 5.11 Å². The van der Waals surface area contributed by atoms with Gasteiger partial charge in [-0.05, 0) is 34.9 Å². The van der Waals surface area contributed by atoms with Gasteiger partial charge in [-0.15, -0.1) is 0 Å². The molecule has 0 spiro atoms. The van der Waals surface area contributed by atoms with E-state index < -0.39 is 0 Å². The minimum Gasteiger partial charge on any atom is -0.508 e. The summed E-state index contributed by atoms with van der Waals surface area (Å²) in [6.07, 6.45) is 0. The Morgan fingerprint density at radius 1 is 0.875 bits per heavy atom. The van der Waals surface area contributed by atoms with Crippen molar-refractivity contribution in [2.45, 2.75) is 52.4 Å². The van der Waals surface area contributed by atoms with E-state index >= 15 is 0 Å². The maximum Gasteiger partial charge on any atom is 0.119 e. The zero-order valence-corrected chi connectivity index (χ0v) is 11.3. The van der Waals surface area contributed by atoms with Crippen LogP contribution in [0.1, 0.15) is 58.2 Å². The first kappa shape index (κ1) is 13.1. The highest BCUT2D eigenvalue weighted by atomic mass is 16.3. The highest BCUT2D eigenvalue weighted by Gasteiger charge is 2.29. The van der Waals surface area contributed by atoms with Gasteiger partial charge in [-0.25, -0.2) is 0 Å². The molecule has 0 unspecified atom stereocenters. The average molecular weight is 219 g/mol. The summed E-state index contributed by atoms with van der Waals surface area (Å²) in [5.41, 5.74) is 3.13. The van der Waals surface area contributed by atoms with Gasteiger partial charge in [-0.1, -0.05) is 47.6 Å². The number of rotatable bonds is 0. The summed E-state index contributed by atoms with van der Waals surface area (Å²) in [6, 6.07) is 3.64. The number of hydrogen-bond acceptors (Lipinski definition) is 1. The third-order valence-corrected chi connectivity index (χ3v) is 2.77. The highest BCUT2D eigenvalue weighted by molar-refractivity contribution is 5.52. The van der Waals surface area contributed by atoms with Gasteiger partial charge in [0.2, 0.25) is 0 Å². The van der Waals surface area contributed by atoms with Crippen LogP contribution in [-0.4, -0.2) is 5.11 Å². The number of benzene rings is 1. The molecular formula is C15H23O. The summed E-state index contributed by atoms with van der Waals surface area (Å²) in [5.74, 6) is 0.379. The topological polar surface area (TPSA) is 20.2 Å². The van der Waals surface area contributed by atoms with Crippen LogP contribution in [0.25, 0.3) is 0 Å². The van der Waals surface area contributed by atoms with E-state index in [1.54, 1.807) is 6.07 Å². The van der Waals surface area contributed by atoms with Crippen LogP contribution < -0.4 is 0 Å². The SMILES string of the molecule is [CH2]c1ccc(O)c(C(C)(C)C)c1C(C)(C)C. The van der Waals surface area contributed by atoms with Crippen LogP contribution in [0.15, 0.2) is 12.1 Å². The van der Waals surface area contributed by atoms with Crippen molar-refractivity contribution < 1.29 is 5.11 Å². The zero-order valence-electron chi connectivity index (χ0n) is 11.3. The van der Waals surface area contributed by atoms with E-state index in [-0.39, 0.29) is 10.8 Å². The minimum atomic E-state index is -0.0691. The van der Waals surface area contributed by atoms with Crippen molar-refractivity contribution in [3.63, 3.8) is 0 Å². The first-order chi connectivity index (χ1) is 7.05. The molecule has 0 aliphatic carbocycles. The molecular weight excluding hydrogens is 196 g/mol. The van der Waals surface area contributed by atoms with Crippen molar-refractivity contribution in [2.24, 2.45) is 0 Å². The highest BCUT2D eigenvalue weighted by Crippen LogP contribution is 2.40. The molecule has 0 fully saturated rings. The summed E-state index contributed by atoms with van der Waals surface area (Å²) >= 11 is 0. The molecule has 1 aromatic carbocycles. The van der Waals surface area contributed by atoms with Crippen molar-refractivity contribution >= 4 is 0 Å². The molecule has 16 heavy (non-hydrogen) atoms. The van der Waals surface area contributed by atoms with Gasteiger partial charge in [0.05, 0.1) is 0 Å². The molecule has 1 radical (unpaired) electrons. The van der Waals surface area contributed by atoms with Crippen LogP contribution in [0, 0.1) is 6.92 Å². The van der Waals surface area contributed by atoms with Gasteiger partial charge in [-0.3, -0.25) is 0 Å². The molecule has 1 N–H and O–H groups in total. The molecule has 0 atom stereocenters. The van der Waals surface area contributed by atoms with E-state index in [4.69, 9.17) is 0 Å². The van der Waals surface area contributed by atoms with E-state index in [1.807, 2.05) is 6.07 Å². The fraction of sp³-hybridized carbons (Fsp3) is 0.533. The number of phenolic OH excluding ortho intramolecular Hbond substituents is 1. The first-order valence-electron chi connectivity index (χ1n) is 5.74. The number of aromatic hydroxyl groups is 1. The molecule has 0 amide bonds. The van der Waals surface area contributed by atoms with Crippen LogP contribution >= 0.6 is 0 Å². The first-order valence-corrected chi connectivity index (χ1v) is 5.74. The molecule has 0 saturated heterocycles. The minimum absolute atomic E-state index is 0.00155. The second kappa shape index (κ2) is 3.80. The largest absolute Gasteiger partial charge is 0.508 e. The lowest BCUT2D eigenvalue weighted by atomic mass is 9.73. The second-order valence-corrected chi connectivity index (χ2v) is 6.49. The molecule has 1 rings (SSSR count). The van der Waals surface area contributed by atoms with Crippen molar-refractivity contribution in [1.82, 2.24) is 0 Å². The molecule has 1 heteroatoms. The Labute approximate surface area is 99.5 Å². The second-order valence-electron chi connectivity index (χ2n) is 6.49. The summed E-state index contributed by atoms with van der Waals surface area (Å²) < 4.78 is 0. The van der Waals surface area contributed by atoms with Gasteiger partial charge >= 0.3 is 0 Å². The molecule has 0 saturated carbocycles. The predicted molar refractivity (Wildman–Crippen MR) is 70.0 cm³/mol. The lowest BCUT2D eigenvalue weighted by molar-refractivity contribution is 0.435. The Morgan fingerprint density at radius 3 is 1.62 bits per heavy atom. The molecule has 0 aliphatic rings. The maximum atomic E-state index is 10.1. The summed E-state index contributed by atoms with van der Waals surface area (Å²) in [6.45, 7) is 16.9. The molecule has 1 nitrogen and oxygen atoms in total. The zero-order chi connectivity index (χ0) is 12.7. The Bertz CT molecular complexity index is 350. The summed E-state index contributed by atoms with van der Waals surface area (Å²) in [4.78, 5) is 0. The van der Waals surface area contributed by atoms with E-state index in [2.05, 4.69) is 48.5 Å². The van der Waals surface area contributed by atoms with Gasteiger partial charge in [0, 0.05) is 5.56 Å². The summed E-state index contributed by atoms with van der Waals surface area (Å²) in [5, 5.41) is 10.1. The third-order valence-electron chi connectivity index (χ3n) is 2.77. The van der Waals surface area contributed by atoms with Crippen LogP contribution in [0.2, 0.25) is 0 Å². The lowest BCUT2D eigenvalue weighted by Gasteiger charge is -2.32. The third kappa shape index (κ3) is 2.40. The normalized spacial score (nSPS) is 12.9. The van der Waals surface area contributed by atoms with Crippen LogP contribution in [0.3, 0.4) is 0 Å². The Hall–Kier alpha value is -0.980.